The number of benzene rings is 3. The quantitative estimate of drug-likeness (QED) is 0.204. The van der Waals surface area contributed by atoms with Gasteiger partial charge in [0.05, 0.1) is 29.4 Å². The van der Waals surface area contributed by atoms with Crippen LogP contribution >= 0.6 is 11.6 Å². The van der Waals surface area contributed by atoms with Crippen molar-refractivity contribution in [2.45, 2.75) is 38.5 Å². The summed E-state index contributed by atoms with van der Waals surface area (Å²) < 4.78 is 43.2. The highest BCUT2D eigenvalue weighted by Gasteiger charge is 2.20. The van der Waals surface area contributed by atoms with Gasteiger partial charge in [-0.25, -0.2) is 18.7 Å². The lowest BCUT2D eigenvalue weighted by molar-refractivity contribution is 0.0973. The van der Waals surface area contributed by atoms with Crippen molar-refractivity contribution in [1.82, 2.24) is 14.5 Å². The van der Waals surface area contributed by atoms with Crippen LogP contribution in [0.5, 0.6) is 5.88 Å². The third-order valence-corrected chi connectivity index (χ3v) is 7.16. The fourth-order valence-electron chi connectivity index (χ4n) is 4.95. The molecule has 1 aliphatic rings. The third-order valence-electron chi connectivity index (χ3n) is 6.93. The molecule has 0 N–H and O–H groups in total. The van der Waals surface area contributed by atoms with Crippen LogP contribution in [0.25, 0.3) is 22.3 Å². The Morgan fingerprint density at radius 3 is 2.67 bits per heavy atom. The van der Waals surface area contributed by atoms with Gasteiger partial charge in [-0.2, -0.15) is 0 Å². The normalized spacial score (nSPS) is 15.2. The largest absolute Gasteiger partial charge is 0.473 e. The molecule has 0 amide bonds. The monoisotopic (exact) mass is 545 g/mol. The zero-order valence-corrected chi connectivity index (χ0v) is 21.9. The first kappa shape index (κ1) is 25.5. The Labute approximate surface area is 230 Å². The van der Waals surface area contributed by atoms with Gasteiger partial charge in [-0.05, 0) is 60.9 Å². The van der Waals surface area contributed by atoms with Gasteiger partial charge in [0.25, 0.3) is 0 Å². The first-order valence-corrected chi connectivity index (χ1v) is 13.3. The summed E-state index contributed by atoms with van der Waals surface area (Å²) in [5.41, 5.74) is 3.92. The average Bonchev–Trinajstić information content (AvgIpc) is 3.57. The minimum atomic E-state index is -0.454. The number of hydrogen-bond acceptors (Lipinski definition) is 4. The van der Waals surface area contributed by atoms with E-state index in [-0.39, 0.29) is 24.4 Å². The van der Waals surface area contributed by atoms with Gasteiger partial charge in [-0.15, -0.1) is 0 Å². The van der Waals surface area contributed by atoms with E-state index in [4.69, 9.17) is 26.1 Å². The highest BCUT2D eigenvalue weighted by molar-refractivity contribution is 6.30. The molecule has 5 nitrogen and oxygen atoms in total. The summed E-state index contributed by atoms with van der Waals surface area (Å²) in [6.07, 6.45) is 2.75. The topological polar surface area (TPSA) is 49.2 Å². The van der Waals surface area contributed by atoms with Crippen molar-refractivity contribution in [2.24, 2.45) is 0 Å². The number of pyridine rings is 1. The molecule has 3 heterocycles. The Kier molecular flexibility index (Phi) is 7.26. The molecule has 0 bridgehead atoms. The van der Waals surface area contributed by atoms with E-state index in [0.29, 0.717) is 28.3 Å². The third kappa shape index (κ3) is 5.65. The van der Waals surface area contributed by atoms with Gasteiger partial charge in [-0.3, -0.25) is 0 Å². The Balaban J connectivity index is 1.21. The zero-order chi connectivity index (χ0) is 26.8. The summed E-state index contributed by atoms with van der Waals surface area (Å²) >= 11 is 5.82. The molecule has 8 heteroatoms. The number of aromatic nitrogens is 3. The van der Waals surface area contributed by atoms with E-state index in [1.807, 2.05) is 24.3 Å². The highest BCUT2D eigenvalue weighted by Crippen LogP contribution is 2.27. The van der Waals surface area contributed by atoms with Crippen molar-refractivity contribution in [3.63, 3.8) is 0 Å². The maximum Gasteiger partial charge on any atom is 0.214 e. The van der Waals surface area contributed by atoms with Crippen molar-refractivity contribution >= 4 is 22.6 Å². The van der Waals surface area contributed by atoms with Gasteiger partial charge >= 0.3 is 0 Å². The van der Waals surface area contributed by atoms with Crippen molar-refractivity contribution in [3.8, 4) is 17.1 Å². The van der Waals surface area contributed by atoms with Crippen LogP contribution in [-0.4, -0.2) is 27.2 Å². The fraction of sp³-hybridized carbons (Fsp3) is 0.226. The molecular formula is C31H26ClF2N3O2. The number of ether oxygens (including phenoxy) is 2. The first-order valence-electron chi connectivity index (χ1n) is 12.9. The summed E-state index contributed by atoms with van der Waals surface area (Å²) in [5, 5.41) is 0.315. The Morgan fingerprint density at radius 2 is 1.85 bits per heavy atom. The average molecular weight is 546 g/mol. The highest BCUT2D eigenvalue weighted by atomic mass is 35.5. The second-order valence-electron chi connectivity index (χ2n) is 9.64. The minimum absolute atomic E-state index is 0.0201. The molecule has 0 spiro atoms. The van der Waals surface area contributed by atoms with Crippen LogP contribution in [0.1, 0.15) is 29.8 Å². The van der Waals surface area contributed by atoms with Crippen LogP contribution in [-0.2, 0) is 24.3 Å². The summed E-state index contributed by atoms with van der Waals surface area (Å²) in [6, 6.07) is 22.7. The van der Waals surface area contributed by atoms with E-state index in [0.717, 1.165) is 48.4 Å². The SMILES string of the molecule is Fc1cc(Cl)ccc1COc1cccc(-c2ccc(Cc3nc4ccccc4n3C[C@H]3CCCO3)cc2F)n1. The van der Waals surface area contributed by atoms with Crippen LogP contribution in [0.2, 0.25) is 5.02 Å². The smallest absolute Gasteiger partial charge is 0.214 e. The van der Waals surface area contributed by atoms with Gasteiger partial charge in [0.1, 0.15) is 24.1 Å². The lowest BCUT2D eigenvalue weighted by Crippen LogP contribution is -2.17. The number of rotatable bonds is 8. The van der Waals surface area contributed by atoms with Crippen molar-refractivity contribution < 1.29 is 18.3 Å². The lowest BCUT2D eigenvalue weighted by atomic mass is 10.1. The number of nitrogens with zero attached hydrogens (tertiary/aromatic N) is 3. The predicted octanol–water partition coefficient (Wildman–Crippen LogP) is 7.38. The molecule has 39 heavy (non-hydrogen) atoms. The van der Waals surface area contributed by atoms with Gasteiger partial charge in [0, 0.05) is 35.2 Å². The maximum absolute atomic E-state index is 15.4. The second-order valence-corrected chi connectivity index (χ2v) is 10.1. The van der Waals surface area contributed by atoms with Crippen LogP contribution in [0.3, 0.4) is 0 Å². The molecular weight excluding hydrogens is 520 g/mol. The fourth-order valence-corrected chi connectivity index (χ4v) is 5.11. The van der Waals surface area contributed by atoms with E-state index in [2.05, 4.69) is 15.6 Å². The summed E-state index contributed by atoms with van der Waals surface area (Å²) in [4.78, 5) is 9.29. The van der Waals surface area contributed by atoms with Crippen molar-refractivity contribution in [3.05, 3.63) is 112 Å². The summed E-state index contributed by atoms with van der Waals surface area (Å²) in [5.74, 6) is 0.308. The number of para-hydroxylation sites is 2. The summed E-state index contributed by atoms with van der Waals surface area (Å²) in [6.45, 7) is 1.50. The molecule has 5 aromatic rings. The molecule has 0 aliphatic carbocycles. The van der Waals surface area contributed by atoms with Crippen LogP contribution in [0.15, 0.2) is 78.9 Å². The molecule has 1 atom stereocenters. The van der Waals surface area contributed by atoms with Crippen LogP contribution in [0, 0.1) is 11.6 Å². The number of hydrogen-bond donors (Lipinski definition) is 0. The minimum Gasteiger partial charge on any atom is -0.473 e. The molecule has 3 aromatic carbocycles. The van der Waals surface area contributed by atoms with Gasteiger partial charge in [0.15, 0.2) is 0 Å². The molecule has 1 fully saturated rings. The van der Waals surface area contributed by atoms with E-state index < -0.39 is 5.82 Å². The van der Waals surface area contributed by atoms with Crippen LogP contribution < -0.4 is 4.74 Å². The first-order chi connectivity index (χ1) is 19.0. The second kappa shape index (κ2) is 11.1. The maximum atomic E-state index is 15.4. The van der Waals surface area contributed by atoms with Gasteiger partial charge in [-0.1, -0.05) is 41.9 Å². The molecule has 0 saturated carbocycles. The standard InChI is InChI=1S/C31H26ClF2N3O2/c32-22-12-11-21(25(33)17-22)19-39-31-9-3-7-27(36-31)24-13-10-20(15-26(24)34)16-30-35-28-6-1-2-8-29(28)37(30)18-23-5-4-14-38-23/h1-3,6-13,15,17,23H,4-5,14,16,18-19H2/t23-/m1/s1. The Hall–Kier alpha value is -3.81. The van der Waals surface area contributed by atoms with E-state index in [1.165, 1.54) is 12.1 Å². The molecule has 1 aliphatic heterocycles. The molecule has 2 aromatic heterocycles. The van der Waals surface area contributed by atoms with Crippen molar-refractivity contribution in [1.29, 1.82) is 0 Å². The number of imidazole rings is 1. The molecule has 0 radical (unpaired) electrons. The molecule has 0 unspecified atom stereocenters. The van der Waals surface area contributed by atoms with E-state index in [9.17, 15) is 4.39 Å². The van der Waals surface area contributed by atoms with Gasteiger partial charge < -0.3 is 14.0 Å². The van der Waals surface area contributed by atoms with E-state index in [1.54, 1.807) is 36.4 Å². The lowest BCUT2D eigenvalue weighted by Gasteiger charge is -2.14. The molecule has 1 saturated heterocycles. The number of halogens is 3. The number of fused-ring (bicyclic) bond motifs is 1. The summed E-state index contributed by atoms with van der Waals surface area (Å²) in [7, 11) is 0. The van der Waals surface area contributed by atoms with Crippen LogP contribution in [0.4, 0.5) is 8.78 Å². The molecule has 6 rings (SSSR count). The van der Waals surface area contributed by atoms with E-state index >= 15 is 4.39 Å². The Bertz CT molecular complexity index is 1630. The van der Waals surface area contributed by atoms with Gasteiger partial charge in [0.2, 0.25) is 5.88 Å². The zero-order valence-electron chi connectivity index (χ0n) is 21.1. The Morgan fingerprint density at radius 1 is 0.949 bits per heavy atom. The molecule has 198 valence electrons. The predicted molar refractivity (Wildman–Crippen MR) is 147 cm³/mol. The van der Waals surface area contributed by atoms with Crippen molar-refractivity contribution in [2.75, 3.05) is 6.61 Å².